The van der Waals surface area contributed by atoms with Crippen molar-refractivity contribution in [2.24, 2.45) is 5.73 Å². The van der Waals surface area contributed by atoms with E-state index in [1.807, 2.05) is 18.2 Å². The number of benzene rings is 1. The summed E-state index contributed by atoms with van der Waals surface area (Å²) in [5.41, 5.74) is 7.92. The molecule has 0 spiro atoms. The molecule has 1 aromatic carbocycles. The van der Waals surface area contributed by atoms with Crippen molar-refractivity contribution in [3.63, 3.8) is 0 Å². The molecule has 0 bridgehead atoms. The number of nitrogens with two attached hydrogens (primary N) is 1. The Bertz CT molecular complexity index is 399. The van der Waals surface area contributed by atoms with E-state index < -0.39 is 0 Å². The van der Waals surface area contributed by atoms with Gasteiger partial charge in [0.1, 0.15) is 18.1 Å². The summed E-state index contributed by atoms with van der Waals surface area (Å²) in [5, 5.41) is 0. The van der Waals surface area contributed by atoms with E-state index >= 15 is 0 Å². The number of fused-ring (bicyclic) bond motifs is 1. The number of hydrogen-bond donors (Lipinski definition) is 1. The van der Waals surface area contributed by atoms with E-state index in [1.165, 1.54) is 5.57 Å². The van der Waals surface area contributed by atoms with Crippen LogP contribution >= 0.6 is 0 Å². The number of ether oxygens (including phenoxy) is 2. The van der Waals surface area contributed by atoms with Gasteiger partial charge in [-0.1, -0.05) is 6.07 Å². The molecule has 16 heavy (non-hydrogen) atoms. The van der Waals surface area contributed by atoms with Crippen molar-refractivity contribution in [2.75, 3.05) is 20.3 Å². The Hall–Kier alpha value is -1.48. The fraction of sp³-hybridized carbons (Fsp3) is 0.385. The lowest BCUT2D eigenvalue weighted by molar-refractivity contribution is 0.349. The summed E-state index contributed by atoms with van der Waals surface area (Å²) < 4.78 is 11.0. The van der Waals surface area contributed by atoms with Gasteiger partial charge in [-0.3, -0.25) is 0 Å². The number of allylic oxidation sites excluding steroid dienone is 1. The molecule has 0 saturated heterocycles. The molecule has 1 aromatic rings. The van der Waals surface area contributed by atoms with Crippen LogP contribution in [0.3, 0.4) is 0 Å². The molecule has 2 rings (SSSR count). The molecule has 0 atom stereocenters. The summed E-state index contributed by atoms with van der Waals surface area (Å²) in [7, 11) is 1.69. The zero-order valence-electron chi connectivity index (χ0n) is 9.53. The van der Waals surface area contributed by atoms with E-state index in [0.717, 1.165) is 29.9 Å². The fourth-order valence-electron chi connectivity index (χ4n) is 1.97. The second-order valence-electron chi connectivity index (χ2n) is 3.77. The van der Waals surface area contributed by atoms with Gasteiger partial charge in [0.25, 0.3) is 0 Å². The molecule has 0 aromatic heterocycles. The summed E-state index contributed by atoms with van der Waals surface area (Å²) in [6.45, 7) is 1.35. The van der Waals surface area contributed by atoms with E-state index in [4.69, 9.17) is 15.2 Å². The summed E-state index contributed by atoms with van der Waals surface area (Å²) in [5.74, 6) is 1.79. The molecule has 2 N–H and O–H groups in total. The van der Waals surface area contributed by atoms with Gasteiger partial charge in [-0.2, -0.15) is 0 Å². The van der Waals surface area contributed by atoms with Crippen molar-refractivity contribution in [1.82, 2.24) is 0 Å². The first kappa shape index (κ1) is 11.0. The second-order valence-corrected chi connectivity index (χ2v) is 3.77. The topological polar surface area (TPSA) is 44.5 Å². The summed E-state index contributed by atoms with van der Waals surface area (Å²) >= 11 is 0. The lowest BCUT2D eigenvalue weighted by Crippen LogP contribution is -2.07. The maximum Gasteiger partial charge on any atom is 0.131 e. The Morgan fingerprint density at radius 1 is 1.44 bits per heavy atom. The highest BCUT2D eigenvalue weighted by atomic mass is 16.5. The third kappa shape index (κ3) is 2.04. The fourth-order valence-corrected chi connectivity index (χ4v) is 1.97. The van der Waals surface area contributed by atoms with E-state index in [9.17, 15) is 0 Å². The average molecular weight is 219 g/mol. The van der Waals surface area contributed by atoms with Gasteiger partial charge in [0.15, 0.2) is 0 Å². The molecule has 3 nitrogen and oxygen atoms in total. The first-order valence-electron chi connectivity index (χ1n) is 5.56. The Balaban J connectivity index is 2.35. The normalized spacial score (nSPS) is 13.8. The van der Waals surface area contributed by atoms with Gasteiger partial charge in [-0.05, 0) is 43.2 Å². The molecular formula is C13H17NO2. The van der Waals surface area contributed by atoms with Crippen LogP contribution in [0.15, 0.2) is 24.3 Å². The van der Waals surface area contributed by atoms with Crippen LogP contribution in [0.25, 0.3) is 5.57 Å². The molecule has 0 aliphatic carbocycles. The van der Waals surface area contributed by atoms with Crippen LogP contribution in [-0.4, -0.2) is 20.3 Å². The van der Waals surface area contributed by atoms with Crippen LogP contribution in [0.5, 0.6) is 11.5 Å². The summed E-state index contributed by atoms with van der Waals surface area (Å²) in [4.78, 5) is 0. The molecular weight excluding hydrogens is 202 g/mol. The smallest absolute Gasteiger partial charge is 0.131 e. The minimum absolute atomic E-state index is 0.639. The van der Waals surface area contributed by atoms with E-state index in [-0.39, 0.29) is 0 Å². The first-order chi connectivity index (χ1) is 7.86. The highest BCUT2D eigenvalue weighted by Gasteiger charge is 2.17. The Kier molecular flexibility index (Phi) is 3.47. The third-order valence-corrected chi connectivity index (χ3v) is 2.75. The lowest BCUT2D eigenvalue weighted by atomic mass is 9.97. The van der Waals surface area contributed by atoms with Crippen molar-refractivity contribution in [3.05, 3.63) is 29.8 Å². The SMILES string of the molecule is COc1cccc2c1C(CCCN)=CCO2. The monoisotopic (exact) mass is 219 g/mol. The van der Waals surface area contributed by atoms with Crippen LogP contribution in [0, 0.1) is 0 Å². The third-order valence-electron chi connectivity index (χ3n) is 2.75. The van der Waals surface area contributed by atoms with Gasteiger partial charge in [0.05, 0.1) is 12.7 Å². The van der Waals surface area contributed by atoms with Crippen molar-refractivity contribution >= 4 is 5.57 Å². The molecule has 0 saturated carbocycles. The second kappa shape index (κ2) is 5.03. The molecule has 1 aliphatic heterocycles. The molecule has 0 fully saturated rings. The molecule has 0 unspecified atom stereocenters. The number of rotatable bonds is 4. The van der Waals surface area contributed by atoms with Gasteiger partial charge in [-0.15, -0.1) is 0 Å². The number of hydrogen-bond acceptors (Lipinski definition) is 3. The van der Waals surface area contributed by atoms with Crippen molar-refractivity contribution < 1.29 is 9.47 Å². The van der Waals surface area contributed by atoms with Gasteiger partial charge in [-0.25, -0.2) is 0 Å². The van der Waals surface area contributed by atoms with Gasteiger partial charge in [0, 0.05) is 0 Å². The maximum atomic E-state index is 5.59. The van der Waals surface area contributed by atoms with Crippen LogP contribution in [0.1, 0.15) is 18.4 Å². The summed E-state index contributed by atoms with van der Waals surface area (Å²) in [6.07, 6.45) is 4.08. The van der Waals surface area contributed by atoms with Crippen LogP contribution in [0.2, 0.25) is 0 Å². The predicted octanol–water partition coefficient (Wildman–Crippen LogP) is 2.21. The van der Waals surface area contributed by atoms with Crippen LogP contribution < -0.4 is 15.2 Å². The predicted molar refractivity (Wildman–Crippen MR) is 64.8 cm³/mol. The Morgan fingerprint density at radius 3 is 3.06 bits per heavy atom. The van der Waals surface area contributed by atoms with E-state index in [0.29, 0.717) is 13.2 Å². The molecule has 0 radical (unpaired) electrons. The lowest BCUT2D eigenvalue weighted by Gasteiger charge is -2.20. The Morgan fingerprint density at radius 2 is 2.31 bits per heavy atom. The minimum atomic E-state index is 0.639. The van der Waals surface area contributed by atoms with Gasteiger partial charge in [0.2, 0.25) is 0 Å². The Labute approximate surface area is 95.9 Å². The quantitative estimate of drug-likeness (QED) is 0.844. The van der Waals surface area contributed by atoms with E-state index in [1.54, 1.807) is 7.11 Å². The highest BCUT2D eigenvalue weighted by molar-refractivity contribution is 5.76. The minimum Gasteiger partial charge on any atom is -0.496 e. The standard InChI is InChI=1S/C13H17NO2/c1-15-11-5-2-6-12-13(11)10(4-3-8-14)7-9-16-12/h2,5-7H,3-4,8-9,14H2,1H3. The molecule has 1 heterocycles. The van der Waals surface area contributed by atoms with Crippen molar-refractivity contribution in [3.8, 4) is 11.5 Å². The molecule has 86 valence electrons. The maximum absolute atomic E-state index is 5.59. The van der Waals surface area contributed by atoms with Crippen LogP contribution in [-0.2, 0) is 0 Å². The zero-order valence-corrected chi connectivity index (χ0v) is 9.53. The molecule has 0 amide bonds. The molecule has 3 heteroatoms. The van der Waals surface area contributed by atoms with Gasteiger partial charge >= 0.3 is 0 Å². The highest BCUT2D eigenvalue weighted by Crippen LogP contribution is 2.38. The van der Waals surface area contributed by atoms with Crippen molar-refractivity contribution in [2.45, 2.75) is 12.8 Å². The van der Waals surface area contributed by atoms with Crippen molar-refractivity contribution in [1.29, 1.82) is 0 Å². The summed E-state index contributed by atoms with van der Waals surface area (Å²) in [6, 6.07) is 5.89. The molecule has 1 aliphatic rings. The number of methoxy groups -OCH3 is 1. The van der Waals surface area contributed by atoms with E-state index in [2.05, 4.69) is 6.08 Å². The first-order valence-corrected chi connectivity index (χ1v) is 5.56. The largest absolute Gasteiger partial charge is 0.496 e. The van der Waals surface area contributed by atoms with Crippen LogP contribution in [0.4, 0.5) is 0 Å². The van der Waals surface area contributed by atoms with Gasteiger partial charge < -0.3 is 15.2 Å². The average Bonchev–Trinajstić information content (AvgIpc) is 2.35. The zero-order chi connectivity index (χ0) is 11.4.